The summed E-state index contributed by atoms with van der Waals surface area (Å²) in [5, 5.41) is 3.64. The third-order valence-electron chi connectivity index (χ3n) is 5.88. The monoisotopic (exact) mass is 736 g/mol. The quantitative estimate of drug-likeness (QED) is 0.366. The molecule has 1 N–H and O–H groups in total. The molecule has 35 heavy (non-hydrogen) atoms. The Bertz CT molecular complexity index is 1330. The van der Waals surface area contributed by atoms with E-state index in [1.54, 1.807) is 19.9 Å². The van der Waals surface area contributed by atoms with Crippen molar-refractivity contribution < 1.29 is 26.3 Å². The largest absolute Gasteiger partial charge is 0.537 e. The average molecular weight is 741 g/mol. The summed E-state index contributed by atoms with van der Waals surface area (Å²) in [4.78, 5) is 13.3. The van der Waals surface area contributed by atoms with Gasteiger partial charge >= 0.3 is 0 Å². The van der Waals surface area contributed by atoms with Crippen molar-refractivity contribution in [3.8, 4) is 5.88 Å². The Morgan fingerprint density at radius 3 is 2.40 bits per heavy atom. The first kappa shape index (κ1) is 25.5. The first-order valence-corrected chi connectivity index (χ1v) is 12.5. The maximum atomic E-state index is 14.7. The van der Waals surface area contributed by atoms with Crippen molar-refractivity contribution in [1.29, 1.82) is 0 Å². The number of aryl methyl sites for hydroxylation is 1. The zero-order valence-electron chi connectivity index (χ0n) is 19.3. The van der Waals surface area contributed by atoms with Crippen LogP contribution in [-0.4, -0.2) is 42.0 Å². The molecule has 4 rings (SSSR count). The average Bonchev–Trinajstić information content (AvgIpc) is 2.78. The molecular formula is C23H24CmF3N4O3S-. The normalized spacial score (nSPS) is 16.1. The number of pyridine rings is 1. The molecule has 1 aliphatic heterocycles. The van der Waals surface area contributed by atoms with Crippen molar-refractivity contribution in [2.24, 2.45) is 0 Å². The molecule has 1 aromatic carbocycles. The first-order valence-electron chi connectivity index (χ1n) is 10.7. The summed E-state index contributed by atoms with van der Waals surface area (Å²) in [6.07, 6.45) is -2.20. The maximum absolute atomic E-state index is 14.7. The van der Waals surface area contributed by atoms with E-state index in [4.69, 9.17) is 4.74 Å². The van der Waals surface area contributed by atoms with Crippen molar-refractivity contribution in [2.75, 3.05) is 23.9 Å². The fourth-order valence-corrected chi connectivity index (χ4v) is 5.39. The van der Waals surface area contributed by atoms with Crippen LogP contribution < -0.4 is 10.1 Å². The molecule has 0 saturated carbocycles. The Morgan fingerprint density at radius 1 is 1.11 bits per heavy atom. The first-order chi connectivity index (χ1) is 16.1. The Morgan fingerprint density at radius 2 is 1.77 bits per heavy atom. The van der Waals surface area contributed by atoms with Crippen LogP contribution in [0.15, 0.2) is 24.3 Å². The number of fused-ring (bicyclic) bond motifs is 1. The molecule has 1 fully saturated rings. The summed E-state index contributed by atoms with van der Waals surface area (Å²) in [6.45, 7) is 3.33. The van der Waals surface area contributed by atoms with Crippen LogP contribution in [0.1, 0.15) is 54.7 Å². The van der Waals surface area contributed by atoms with E-state index in [-0.39, 0.29) is 17.1 Å². The molecule has 0 radical (unpaired) electrons. The third kappa shape index (κ3) is 5.06. The molecule has 3 aromatic rings. The van der Waals surface area contributed by atoms with E-state index in [0.29, 0.717) is 47.0 Å². The molecule has 12 heteroatoms. The van der Waals surface area contributed by atoms with Crippen LogP contribution >= 0.6 is 0 Å². The van der Waals surface area contributed by atoms with E-state index >= 15 is 0 Å². The zero-order chi connectivity index (χ0) is 24.6. The molecule has 1 atom stereocenters. The summed E-state index contributed by atoms with van der Waals surface area (Å²) >= 11 is 0. The van der Waals surface area contributed by atoms with Gasteiger partial charge in [-0.3, -0.25) is 4.98 Å². The number of hydrogen-bond acceptors (Lipinski definition) is 7. The summed E-state index contributed by atoms with van der Waals surface area (Å²) < 4.78 is 70.2. The van der Waals surface area contributed by atoms with Gasteiger partial charge in [0.05, 0.1) is 18.7 Å². The number of methoxy groups -OCH3 is 1. The number of halogens is 3. The van der Waals surface area contributed by atoms with Crippen LogP contribution in [0.2, 0.25) is 0 Å². The van der Waals surface area contributed by atoms with Crippen LogP contribution in [0, 0.1) is 18.7 Å². The molecule has 1 aliphatic rings. The second-order valence-electron chi connectivity index (χ2n) is 8.21. The third-order valence-corrected chi connectivity index (χ3v) is 7.53. The maximum Gasteiger partial charge on any atom is 0.266 e. The molecule has 1 saturated heterocycles. The van der Waals surface area contributed by atoms with Crippen LogP contribution in [-0.2, 0) is 9.84 Å². The Hall–Kier alpha value is -4.08. The molecule has 0 amide bonds. The number of nitrogens with one attached hydrogen (secondary N) is 1. The molecule has 0 unspecified atom stereocenters. The van der Waals surface area contributed by atoms with Crippen LogP contribution in [0.3, 0.4) is 0 Å². The predicted octanol–water partition coefficient (Wildman–Crippen LogP) is 4.72. The van der Waals surface area contributed by atoms with Gasteiger partial charge in [-0.2, -0.15) is 5.92 Å². The van der Waals surface area contributed by atoms with Gasteiger partial charge < -0.3 is 10.1 Å². The molecule has 190 valence electrons. The van der Waals surface area contributed by atoms with Gasteiger partial charge in [-0.05, 0) is 13.8 Å². The molecule has 0 bridgehead atoms. The van der Waals surface area contributed by atoms with Crippen molar-refractivity contribution in [3.05, 3.63) is 58.5 Å². The van der Waals surface area contributed by atoms with E-state index in [2.05, 4.69) is 20.3 Å². The summed E-state index contributed by atoms with van der Waals surface area (Å²) in [5.41, 5.74) is 0.426. The SMILES string of the molecule is COc1nc2nc(C)nc(N[C@H](C)c3cccc(C(F)F)c3F)c2cc1[C-]1CCS(=O)(=O)CC1.[Cm]. The predicted molar refractivity (Wildman–Crippen MR) is 122 cm³/mol. The molecule has 0 aliphatic carbocycles. The van der Waals surface area contributed by atoms with E-state index in [1.165, 1.54) is 19.2 Å². The zero-order valence-corrected chi connectivity index (χ0v) is 23.0. The Balaban J connectivity index is 0.00000342. The van der Waals surface area contributed by atoms with Gasteiger partial charge in [0.15, 0.2) is 0 Å². The topological polar surface area (TPSA) is 94.1 Å². The van der Waals surface area contributed by atoms with Gasteiger partial charge in [0.2, 0.25) is 0 Å². The van der Waals surface area contributed by atoms with Crippen LogP contribution in [0.5, 0.6) is 5.88 Å². The minimum atomic E-state index is -3.07. The standard InChI is InChI=1S/C23H24F3N4O3S.Cm/c1-12(15-5-4-6-16(19(15)24)20(25)26)27-21-18-11-17(14-7-9-34(31,32)10-8-14)23(33-3)30-22(18)29-13(2)28-21;/h4-6,11-12,20H,7-10H2,1-3H3,(H,27,28,29,30);/q-1;/t12-;/m1./s1. The van der Waals surface area contributed by atoms with Crippen LogP contribution in [0.4, 0.5) is 19.0 Å². The second-order valence-corrected chi connectivity index (χ2v) is 10.5. The minimum Gasteiger partial charge on any atom is -0.537 e. The number of benzene rings is 1. The number of nitrogens with zero attached hydrogens (tertiary/aromatic N) is 3. The van der Waals surface area contributed by atoms with Gasteiger partial charge in [0, 0.05) is 22.5 Å². The van der Waals surface area contributed by atoms with E-state index in [1.807, 2.05) is 0 Å². The van der Waals surface area contributed by atoms with Crippen LogP contribution in [0.25, 0.3) is 11.0 Å². The summed E-state index contributed by atoms with van der Waals surface area (Å²) in [7, 11) is -1.59. The molecule has 7 nitrogen and oxygen atoms in total. The number of aromatic nitrogens is 3. The van der Waals surface area contributed by atoms with Crippen molar-refractivity contribution in [1.82, 2.24) is 15.0 Å². The van der Waals surface area contributed by atoms with Gasteiger partial charge in [-0.25, -0.2) is 31.6 Å². The van der Waals surface area contributed by atoms with Gasteiger partial charge in [0.1, 0.15) is 38.8 Å². The van der Waals surface area contributed by atoms with E-state index in [9.17, 15) is 21.6 Å². The number of sulfone groups is 1. The van der Waals surface area contributed by atoms with E-state index < -0.39 is 33.7 Å². The number of anilines is 1. The van der Waals surface area contributed by atoms with Gasteiger partial charge in [0.25, 0.3) is 6.43 Å². The summed E-state index contributed by atoms with van der Waals surface area (Å²) in [5.74, 6) is 1.13. The fraction of sp³-hybridized carbons (Fsp3) is 0.391. The fourth-order valence-electron chi connectivity index (χ4n) is 4.07. The minimum absolute atomic E-state index is 0. The Labute approximate surface area is 195 Å². The molecule has 0 spiro atoms. The smallest absolute Gasteiger partial charge is 0.266 e. The van der Waals surface area contributed by atoms with E-state index in [0.717, 1.165) is 12.0 Å². The molecule has 2 aromatic heterocycles. The van der Waals surface area contributed by atoms with Gasteiger partial charge in [-0.15, -0.1) is 11.6 Å². The van der Waals surface area contributed by atoms with Crippen molar-refractivity contribution in [3.63, 3.8) is 0 Å². The number of rotatable bonds is 6. The number of hydrogen-bond donors (Lipinski definition) is 1. The Kier molecular flexibility index (Phi) is 7.04. The van der Waals surface area contributed by atoms with Gasteiger partial charge in [-0.1, -0.05) is 31.0 Å². The number of alkyl halides is 2. The van der Waals surface area contributed by atoms with Crippen molar-refractivity contribution >= 4 is 26.7 Å². The van der Waals surface area contributed by atoms with Crippen molar-refractivity contribution in [2.45, 2.75) is 39.2 Å². The number of ether oxygens (including phenoxy) is 1. The summed E-state index contributed by atoms with van der Waals surface area (Å²) in [6, 6.07) is 4.99. The molecule has 3 heterocycles. The second kappa shape index (κ2) is 9.65. The molecular weight excluding hydrogens is 716 g/mol.